The molecule has 4 aromatic heterocycles. The first-order chi connectivity index (χ1) is 22.4. The fourth-order valence-corrected chi connectivity index (χ4v) is 4.83. The number of carbonyl (C=O) groups is 10. The van der Waals surface area contributed by atoms with Crippen LogP contribution in [0.5, 0.6) is 0 Å². The average Bonchev–Trinajstić information content (AvgIpc) is 3.68. The van der Waals surface area contributed by atoms with Gasteiger partial charge in [0.1, 0.15) is 34.2 Å². The lowest BCUT2D eigenvalue weighted by atomic mass is 9.88. The highest BCUT2D eigenvalue weighted by molar-refractivity contribution is 6.53. The normalized spacial score (nSPS) is 12.5. The number of nitrogens with one attached hydrogen (secondary N) is 2. The summed E-state index contributed by atoms with van der Waals surface area (Å²) in [4.78, 5) is 127. The Bertz CT molecular complexity index is 2130. The Morgan fingerprint density at radius 2 is 0.792 bits per heavy atom. The second-order valence-corrected chi connectivity index (χ2v) is 9.65. The van der Waals surface area contributed by atoms with E-state index in [1.54, 1.807) is 0 Å². The minimum atomic E-state index is -1.58. The molecular formula is C28H12N4O16. The van der Waals surface area contributed by atoms with Crippen LogP contribution >= 0.6 is 0 Å². The third-order valence-corrected chi connectivity index (χ3v) is 6.87. The van der Waals surface area contributed by atoms with Crippen molar-refractivity contribution in [2.75, 3.05) is 0 Å². The summed E-state index contributed by atoms with van der Waals surface area (Å²) in [6, 6.07) is 3.30. The Kier molecular flexibility index (Phi) is 7.32. The quantitative estimate of drug-likeness (QED) is 0.134. The number of aromatic carboxylic acids is 6. The summed E-state index contributed by atoms with van der Waals surface area (Å²) >= 11 is 0. The molecule has 48 heavy (non-hydrogen) atoms. The maximum absolute atomic E-state index is 12.1. The van der Waals surface area contributed by atoms with Gasteiger partial charge >= 0.3 is 35.8 Å². The molecule has 8 N–H and O–H groups in total. The van der Waals surface area contributed by atoms with E-state index in [2.05, 4.69) is 19.9 Å². The molecule has 0 saturated carbocycles. The number of H-pyrrole nitrogens is 2. The topological polar surface area (TPSA) is 349 Å². The summed E-state index contributed by atoms with van der Waals surface area (Å²) in [6.45, 7) is 0. The molecule has 0 fully saturated rings. The van der Waals surface area contributed by atoms with Crippen LogP contribution in [0.3, 0.4) is 0 Å². The zero-order chi connectivity index (χ0) is 35.5. The molecule has 0 saturated heterocycles. The van der Waals surface area contributed by atoms with Gasteiger partial charge in [-0.1, -0.05) is 0 Å². The van der Waals surface area contributed by atoms with Gasteiger partial charge in [-0.3, -0.25) is 19.2 Å². The SMILES string of the molecule is O=C(O)c1cc(C(=O)O)c2c(n1)C(=O)C(=O)c1cc(C(=O)O)[nH]c1-2.O=C(O)c1cc(C(=O)O)c2c(n1)C(=O)C(=O)c1cc(C(=O)O)[nH]c1-2. The van der Waals surface area contributed by atoms with E-state index in [-0.39, 0.29) is 33.6 Å². The zero-order valence-corrected chi connectivity index (χ0v) is 23.0. The van der Waals surface area contributed by atoms with Crippen molar-refractivity contribution >= 4 is 58.9 Å². The molecule has 4 heterocycles. The fourth-order valence-electron chi connectivity index (χ4n) is 4.83. The second kappa shape index (κ2) is 11.1. The molecule has 0 bridgehead atoms. The van der Waals surface area contributed by atoms with Gasteiger partial charge in [0.05, 0.1) is 33.6 Å². The molecule has 0 spiro atoms. The van der Waals surface area contributed by atoms with Gasteiger partial charge in [-0.15, -0.1) is 0 Å². The lowest BCUT2D eigenvalue weighted by Gasteiger charge is -2.16. The van der Waals surface area contributed by atoms with Gasteiger partial charge in [-0.25, -0.2) is 38.7 Å². The Balaban J connectivity index is 0.000000188. The molecule has 240 valence electrons. The van der Waals surface area contributed by atoms with E-state index in [4.69, 9.17) is 20.4 Å². The monoisotopic (exact) mass is 660 g/mol. The number of hydrogen-bond acceptors (Lipinski definition) is 12. The first-order valence-corrected chi connectivity index (χ1v) is 12.6. The molecule has 0 aromatic carbocycles. The summed E-state index contributed by atoms with van der Waals surface area (Å²) < 4.78 is 0. The maximum Gasteiger partial charge on any atom is 0.354 e. The summed E-state index contributed by atoms with van der Waals surface area (Å²) in [7, 11) is 0. The van der Waals surface area contributed by atoms with Gasteiger partial charge in [0, 0.05) is 11.1 Å². The van der Waals surface area contributed by atoms with Gasteiger partial charge in [0.15, 0.2) is 0 Å². The van der Waals surface area contributed by atoms with Gasteiger partial charge in [0.25, 0.3) is 11.6 Å². The molecule has 0 atom stereocenters. The minimum absolute atomic E-state index is 0.200. The van der Waals surface area contributed by atoms with Crippen molar-refractivity contribution in [1.82, 2.24) is 19.9 Å². The largest absolute Gasteiger partial charge is 0.478 e. The highest BCUT2D eigenvalue weighted by Gasteiger charge is 2.39. The zero-order valence-electron chi connectivity index (χ0n) is 23.0. The smallest absolute Gasteiger partial charge is 0.354 e. The van der Waals surface area contributed by atoms with Crippen LogP contribution in [0, 0.1) is 0 Å². The number of carbonyl (C=O) groups excluding carboxylic acids is 4. The van der Waals surface area contributed by atoms with E-state index in [9.17, 15) is 58.2 Å². The predicted molar refractivity (Wildman–Crippen MR) is 147 cm³/mol. The Morgan fingerprint density at radius 1 is 0.458 bits per heavy atom. The third-order valence-electron chi connectivity index (χ3n) is 6.87. The van der Waals surface area contributed by atoms with Crippen LogP contribution in [0.15, 0.2) is 24.3 Å². The Labute approximate surface area is 260 Å². The number of carboxylic acids is 6. The van der Waals surface area contributed by atoms with Gasteiger partial charge in [0.2, 0.25) is 11.6 Å². The maximum atomic E-state index is 12.1. The lowest BCUT2D eigenvalue weighted by molar-refractivity contribution is 0.0670. The standard InChI is InChI=1S/2C14H6N2O8/c2*17-10-4-2-6(14(23)24)15-8(4)7-3(12(19)20)1-5(13(21)22)16-9(7)11(10)18/h2*1-2,15H,(H,19,20)(H,21,22)(H,23,24). The molecule has 0 unspecified atom stereocenters. The summed E-state index contributed by atoms with van der Waals surface area (Å²) in [5.41, 5.74) is -6.41. The molecule has 20 heteroatoms. The number of rotatable bonds is 6. The van der Waals surface area contributed by atoms with Crippen LogP contribution in [0.25, 0.3) is 22.5 Å². The number of nitrogens with zero attached hydrogens (tertiary/aromatic N) is 2. The molecule has 4 aromatic rings. The van der Waals surface area contributed by atoms with E-state index >= 15 is 0 Å². The van der Waals surface area contributed by atoms with Gasteiger partial charge < -0.3 is 40.6 Å². The summed E-state index contributed by atoms with van der Waals surface area (Å²) in [6.07, 6.45) is 0. The van der Waals surface area contributed by atoms with Gasteiger partial charge in [-0.2, -0.15) is 0 Å². The Morgan fingerprint density at radius 3 is 1.06 bits per heavy atom. The number of hydrogen-bond donors (Lipinski definition) is 8. The van der Waals surface area contributed by atoms with Crippen LogP contribution in [0.2, 0.25) is 0 Å². The van der Waals surface area contributed by atoms with Crippen LogP contribution in [-0.2, 0) is 0 Å². The van der Waals surface area contributed by atoms with Crippen molar-refractivity contribution in [2.24, 2.45) is 0 Å². The molecule has 6 rings (SSSR count). The van der Waals surface area contributed by atoms with Crippen molar-refractivity contribution in [1.29, 1.82) is 0 Å². The highest BCUT2D eigenvalue weighted by Crippen LogP contribution is 2.37. The van der Waals surface area contributed by atoms with Crippen molar-refractivity contribution < 1.29 is 78.6 Å². The molecule has 0 aliphatic heterocycles. The summed E-state index contributed by atoms with van der Waals surface area (Å²) in [5, 5.41) is 54.5. The number of fused-ring (bicyclic) bond motifs is 6. The number of aromatic nitrogens is 4. The van der Waals surface area contributed by atoms with E-state index in [1.807, 2.05) is 0 Å². The van der Waals surface area contributed by atoms with E-state index in [0.717, 1.165) is 24.3 Å². The van der Waals surface area contributed by atoms with Crippen LogP contribution < -0.4 is 0 Å². The molecule has 2 aliphatic carbocycles. The fraction of sp³-hybridized carbons (Fsp3) is 0. The lowest BCUT2D eigenvalue weighted by Crippen LogP contribution is -2.25. The third kappa shape index (κ3) is 4.92. The van der Waals surface area contributed by atoms with Crippen molar-refractivity contribution in [3.8, 4) is 22.5 Å². The van der Waals surface area contributed by atoms with Crippen LogP contribution in [0.4, 0.5) is 0 Å². The molecule has 2 aliphatic rings. The average molecular weight is 660 g/mol. The van der Waals surface area contributed by atoms with E-state index in [1.165, 1.54) is 0 Å². The van der Waals surface area contributed by atoms with Crippen LogP contribution in [0.1, 0.15) is 104 Å². The molecule has 0 radical (unpaired) electrons. The van der Waals surface area contributed by atoms with E-state index < -0.39 is 104 Å². The number of carboxylic acid groups (broad SMARTS) is 6. The molecule has 20 nitrogen and oxygen atoms in total. The van der Waals surface area contributed by atoms with Crippen LogP contribution in [-0.4, -0.2) is 110 Å². The molecular weight excluding hydrogens is 648 g/mol. The highest BCUT2D eigenvalue weighted by atomic mass is 16.4. The number of Topliss-reactive ketones (excluding diaryl/α,β-unsaturated/α-hetero) is 4. The second-order valence-electron chi connectivity index (χ2n) is 9.65. The first kappa shape index (κ1) is 31.8. The number of aromatic amines is 2. The molecule has 0 amide bonds. The van der Waals surface area contributed by atoms with Crippen molar-refractivity contribution in [3.05, 3.63) is 80.7 Å². The van der Waals surface area contributed by atoms with Crippen molar-refractivity contribution in [2.45, 2.75) is 0 Å². The van der Waals surface area contributed by atoms with E-state index in [0.29, 0.717) is 0 Å². The van der Waals surface area contributed by atoms with Crippen molar-refractivity contribution in [3.63, 3.8) is 0 Å². The Hall–Kier alpha value is -7.64. The minimum Gasteiger partial charge on any atom is -0.478 e. The number of pyridine rings is 2. The summed E-state index contributed by atoms with van der Waals surface area (Å²) in [5.74, 6) is -13.7. The predicted octanol–water partition coefficient (Wildman–Crippen LogP) is 1.10. The first-order valence-electron chi connectivity index (χ1n) is 12.6. The number of ketones is 4. The van der Waals surface area contributed by atoms with Gasteiger partial charge in [-0.05, 0) is 24.3 Å².